The monoisotopic (exact) mass is 372 g/mol. The van der Waals surface area contributed by atoms with Crippen molar-refractivity contribution in [3.63, 3.8) is 0 Å². The summed E-state index contributed by atoms with van der Waals surface area (Å²) >= 11 is 7.74. The lowest BCUT2D eigenvalue weighted by atomic mass is 10.1. The minimum absolute atomic E-state index is 0.123. The number of benzene rings is 2. The summed E-state index contributed by atoms with van der Waals surface area (Å²) in [5.41, 5.74) is 2.63. The van der Waals surface area contributed by atoms with Crippen molar-refractivity contribution in [2.75, 3.05) is 0 Å². The quantitative estimate of drug-likeness (QED) is 0.635. The molecule has 0 saturated heterocycles. The van der Waals surface area contributed by atoms with Crippen LogP contribution in [0.15, 0.2) is 60.0 Å². The van der Waals surface area contributed by atoms with Crippen molar-refractivity contribution in [1.82, 2.24) is 20.5 Å². The van der Waals surface area contributed by atoms with Crippen molar-refractivity contribution < 1.29 is 4.79 Å². The summed E-state index contributed by atoms with van der Waals surface area (Å²) in [5.74, 6) is 0.634. The number of aromatic amines is 1. The van der Waals surface area contributed by atoms with Gasteiger partial charge >= 0.3 is 0 Å². The van der Waals surface area contributed by atoms with Gasteiger partial charge in [-0.1, -0.05) is 53.7 Å². The Morgan fingerprint density at radius 2 is 2.00 bits per heavy atom. The first-order chi connectivity index (χ1) is 12.1. The molecule has 128 valence electrons. The van der Waals surface area contributed by atoms with E-state index in [0.717, 1.165) is 22.0 Å². The second kappa shape index (κ2) is 8.18. The third-order valence-corrected chi connectivity index (χ3v) is 5.00. The van der Waals surface area contributed by atoms with Crippen molar-refractivity contribution in [2.45, 2.75) is 23.9 Å². The molecule has 0 saturated carbocycles. The predicted molar refractivity (Wildman–Crippen MR) is 99.7 cm³/mol. The van der Waals surface area contributed by atoms with Crippen LogP contribution in [-0.4, -0.2) is 21.1 Å². The van der Waals surface area contributed by atoms with E-state index in [9.17, 15) is 4.79 Å². The zero-order valence-electron chi connectivity index (χ0n) is 13.6. The lowest BCUT2D eigenvalue weighted by Gasteiger charge is -2.15. The molecule has 0 bridgehead atoms. The minimum Gasteiger partial charge on any atom is -0.345 e. The van der Waals surface area contributed by atoms with E-state index >= 15 is 0 Å². The summed E-state index contributed by atoms with van der Waals surface area (Å²) in [7, 11) is 0. The van der Waals surface area contributed by atoms with Crippen LogP contribution in [-0.2, 0) is 5.75 Å². The van der Waals surface area contributed by atoms with Gasteiger partial charge in [0.1, 0.15) is 6.33 Å². The smallest absolute Gasteiger partial charge is 0.251 e. The Morgan fingerprint density at radius 3 is 2.68 bits per heavy atom. The molecule has 5 nitrogen and oxygen atoms in total. The topological polar surface area (TPSA) is 70.7 Å². The molecule has 7 heteroatoms. The van der Waals surface area contributed by atoms with Gasteiger partial charge in [0.25, 0.3) is 5.91 Å². The number of hydrogen-bond acceptors (Lipinski definition) is 4. The lowest BCUT2D eigenvalue weighted by molar-refractivity contribution is 0.0940. The van der Waals surface area contributed by atoms with Crippen molar-refractivity contribution in [1.29, 1.82) is 0 Å². The van der Waals surface area contributed by atoms with Gasteiger partial charge < -0.3 is 5.32 Å². The SMILES string of the molecule is CC(NC(=O)c1ccc(CSc2ncn[nH]2)cc1)c1ccccc1Cl. The molecule has 1 unspecified atom stereocenters. The van der Waals surface area contributed by atoms with Crippen LogP contribution >= 0.6 is 23.4 Å². The summed E-state index contributed by atoms with van der Waals surface area (Å²) in [6.45, 7) is 1.92. The molecule has 1 heterocycles. The molecule has 0 fully saturated rings. The number of rotatable bonds is 6. The fourth-order valence-electron chi connectivity index (χ4n) is 2.35. The van der Waals surface area contributed by atoms with E-state index in [2.05, 4.69) is 20.5 Å². The normalized spacial score (nSPS) is 11.9. The van der Waals surface area contributed by atoms with E-state index in [4.69, 9.17) is 11.6 Å². The highest BCUT2D eigenvalue weighted by molar-refractivity contribution is 7.98. The van der Waals surface area contributed by atoms with E-state index in [-0.39, 0.29) is 11.9 Å². The van der Waals surface area contributed by atoms with Gasteiger partial charge in [0, 0.05) is 16.3 Å². The fraction of sp³-hybridized carbons (Fsp3) is 0.167. The largest absolute Gasteiger partial charge is 0.345 e. The zero-order valence-corrected chi connectivity index (χ0v) is 15.1. The molecule has 1 amide bonds. The molecule has 0 aliphatic rings. The molecule has 0 aliphatic carbocycles. The molecule has 1 atom stereocenters. The Kier molecular flexibility index (Phi) is 5.73. The van der Waals surface area contributed by atoms with Crippen molar-refractivity contribution >= 4 is 29.3 Å². The Bertz CT molecular complexity index is 837. The molecule has 2 aromatic carbocycles. The summed E-state index contributed by atoms with van der Waals surface area (Å²) in [5, 5.41) is 11.0. The summed E-state index contributed by atoms with van der Waals surface area (Å²) in [6.07, 6.45) is 1.48. The predicted octanol–water partition coefficient (Wildman–Crippen LogP) is 4.24. The Balaban J connectivity index is 1.59. The van der Waals surface area contributed by atoms with Gasteiger partial charge in [-0.15, -0.1) is 0 Å². The van der Waals surface area contributed by atoms with Gasteiger partial charge in [0.05, 0.1) is 6.04 Å². The van der Waals surface area contributed by atoms with Crippen molar-refractivity contribution in [3.8, 4) is 0 Å². The molecule has 25 heavy (non-hydrogen) atoms. The van der Waals surface area contributed by atoms with E-state index in [1.54, 1.807) is 11.8 Å². The molecular formula is C18H17ClN4OS. The van der Waals surface area contributed by atoms with Crippen LogP contribution in [0.1, 0.15) is 34.5 Å². The Morgan fingerprint density at radius 1 is 1.24 bits per heavy atom. The highest BCUT2D eigenvalue weighted by atomic mass is 35.5. The lowest BCUT2D eigenvalue weighted by Crippen LogP contribution is -2.26. The molecule has 1 aromatic heterocycles. The highest BCUT2D eigenvalue weighted by Crippen LogP contribution is 2.23. The third kappa shape index (κ3) is 4.61. The first-order valence-electron chi connectivity index (χ1n) is 7.76. The molecule has 0 radical (unpaired) electrons. The van der Waals surface area contributed by atoms with E-state index in [1.165, 1.54) is 6.33 Å². The molecular weight excluding hydrogens is 356 g/mol. The Labute approximate surface area is 155 Å². The van der Waals surface area contributed by atoms with Gasteiger partial charge in [-0.3, -0.25) is 9.89 Å². The number of H-pyrrole nitrogens is 1. The number of amides is 1. The van der Waals surface area contributed by atoms with Crippen LogP contribution < -0.4 is 5.32 Å². The number of carbonyl (C=O) groups is 1. The Hall–Kier alpha value is -2.31. The second-order valence-electron chi connectivity index (χ2n) is 5.49. The van der Waals surface area contributed by atoms with Gasteiger partial charge in [-0.05, 0) is 36.2 Å². The number of halogens is 1. The molecule has 2 N–H and O–H groups in total. The van der Waals surface area contributed by atoms with Crippen LogP contribution in [0.4, 0.5) is 0 Å². The van der Waals surface area contributed by atoms with Crippen molar-refractivity contribution in [2.24, 2.45) is 0 Å². The zero-order chi connectivity index (χ0) is 17.6. The van der Waals surface area contributed by atoms with Crippen LogP contribution in [0.25, 0.3) is 0 Å². The van der Waals surface area contributed by atoms with E-state index < -0.39 is 0 Å². The summed E-state index contributed by atoms with van der Waals surface area (Å²) < 4.78 is 0. The maximum absolute atomic E-state index is 12.4. The molecule has 0 spiro atoms. The first-order valence-corrected chi connectivity index (χ1v) is 9.12. The average molecular weight is 373 g/mol. The fourth-order valence-corrected chi connectivity index (χ4v) is 3.39. The third-order valence-electron chi connectivity index (χ3n) is 3.70. The van der Waals surface area contributed by atoms with E-state index in [1.807, 2.05) is 55.5 Å². The highest BCUT2D eigenvalue weighted by Gasteiger charge is 2.13. The number of nitrogens with zero attached hydrogens (tertiary/aromatic N) is 2. The maximum Gasteiger partial charge on any atom is 0.251 e. The second-order valence-corrected chi connectivity index (χ2v) is 6.86. The molecule has 3 rings (SSSR count). The number of carbonyl (C=O) groups excluding carboxylic acids is 1. The number of aromatic nitrogens is 3. The van der Waals surface area contributed by atoms with E-state index in [0.29, 0.717) is 10.6 Å². The van der Waals surface area contributed by atoms with Crippen LogP contribution in [0, 0.1) is 0 Å². The first kappa shape index (κ1) is 17.5. The van der Waals surface area contributed by atoms with Crippen LogP contribution in [0.3, 0.4) is 0 Å². The van der Waals surface area contributed by atoms with Gasteiger partial charge in [-0.25, -0.2) is 4.98 Å². The van der Waals surface area contributed by atoms with Crippen LogP contribution in [0.2, 0.25) is 5.02 Å². The number of nitrogens with one attached hydrogen (secondary N) is 2. The minimum atomic E-state index is -0.164. The molecule has 0 aliphatic heterocycles. The number of thioether (sulfide) groups is 1. The number of hydrogen-bond donors (Lipinski definition) is 2. The average Bonchev–Trinajstić information content (AvgIpc) is 3.14. The summed E-state index contributed by atoms with van der Waals surface area (Å²) in [6, 6.07) is 14.9. The van der Waals surface area contributed by atoms with Crippen molar-refractivity contribution in [3.05, 3.63) is 76.6 Å². The maximum atomic E-state index is 12.4. The van der Waals surface area contributed by atoms with Crippen LogP contribution in [0.5, 0.6) is 0 Å². The van der Waals surface area contributed by atoms with Gasteiger partial charge in [-0.2, -0.15) is 5.10 Å². The van der Waals surface area contributed by atoms with Gasteiger partial charge in [0.15, 0.2) is 5.16 Å². The molecule has 3 aromatic rings. The standard InChI is InChI=1S/C18H17ClN4OS/c1-12(15-4-2-3-5-16(15)19)22-17(24)14-8-6-13(7-9-14)10-25-18-20-11-21-23-18/h2-9,11-12H,10H2,1H3,(H,22,24)(H,20,21,23). The summed E-state index contributed by atoms with van der Waals surface area (Å²) in [4.78, 5) is 16.5. The van der Waals surface area contributed by atoms with Gasteiger partial charge in [0.2, 0.25) is 0 Å².